The number of rotatable bonds is 0. The van der Waals surface area contributed by atoms with Gasteiger partial charge in [-0.3, -0.25) is 0 Å². The number of hydrogen-bond donors (Lipinski definition) is 0. The van der Waals surface area contributed by atoms with E-state index in [2.05, 4.69) is 12.2 Å². The Bertz CT molecular complexity index is 276. The van der Waals surface area contributed by atoms with Gasteiger partial charge in [0.25, 0.3) is 0 Å². The average Bonchev–Trinajstić information content (AvgIpc) is 2.57. The summed E-state index contributed by atoms with van der Waals surface area (Å²) in [7, 11) is 0. The Kier molecular flexibility index (Phi) is 9.29. The van der Waals surface area contributed by atoms with Crippen molar-refractivity contribution in [3.63, 3.8) is 0 Å². The summed E-state index contributed by atoms with van der Waals surface area (Å²) >= 11 is 0. The van der Waals surface area contributed by atoms with Crippen LogP contribution in [0.5, 0.6) is 0 Å². The second-order valence-electron chi connectivity index (χ2n) is 8.11. The van der Waals surface area contributed by atoms with Gasteiger partial charge in [0.05, 0.1) is 0 Å². The highest BCUT2D eigenvalue weighted by Crippen LogP contribution is 2.39. The van der Waals surface area contributed by atoms with Crippen LogP contribution in [0.15, 0.2) is 12.2 Å². The fraction of sp³-hybridized carbons (Fsp3) is 0.909. The molecule has 22 heavy (non-hydrogen) atoms. The molecule has 0 aromatic carbocycles. The van der Waals surface area contributed by atoms with Crippen molar-refractivity contribution < 1.29 is 0 Å². The minimum atomic E-state index is 0.573. The van der Waals surface area contributed by atoms with E-state index in [1.807, 2.05) is 0 Å². The van der Waals surface area contributed by atoms with Crippen molar-refractivity contribution in [3.05, 3.63) is 12.2 Å². The van der Waals surface area contributed by atoms with Gasteiger partial charge >= 0.3 is 0 Å². The lowest BCUT2D eigenvalue weighted by Crippen LogP contribution is -2.18. The molecule has 0 aromatic rings. The Morgan fingerprint density at radius 1 is 0.409 bits per heavy atom. The smallest absolute Gasteiger partial charge is 0.0118 e. The topological polar surface area (TPSA) is 0 Å². The Balaban J connectivity index is 1.97. The van der Waals surface area contributed by atoms with Crippen LogP contribution in [0.3, 0.4) is 0 Å². The highest BCUT2D eigenvalue weighted by Gasteiger charge is 2.25. The maximum Gasteiger partial charge on any atom is -0.0118 e. The zero-order chi connectivity index (χ0) is 15.3. The quantitative estimate of drug-likeness (QED) is 0.398. The highest BCUT2D eigenvalue weighted by molar-refractivity contribution is 5.00. The first-order valence-corrected chi connectivity index (χ1v) is 10.6. The third kappa shape index (κ3) is 7.34. The molecular weight excluding hydrogens is 264 g/mol. The summed E-state index contributed by atoms with van der Waals surface area (Å²) in [6, 6.07) is 0. The lowest BCUT2D eigenvalue weighted by molar-refractivity contribution is 0.266. The molecule has 1 spiro atoms. The molecule has 0 aliphatic heterocycles. The number of hydrogen-bond acceptors (Lipinski definition) is 0. The van der Waals surface area contributed by atoms with Gasteiger partial charge in [-0.2, -0.15) is 0 Å². The molecule has 0 unspecified atom stereocenters. The fourth-order valence-corrected chi connectivity index (χ4v) is 4.60. The first-order chi connectivity index (χ1) is 10.9. The van der Waals surface area contributed by atoms with Gasteiger partial charge in [0.2, 0.25) is 0 Å². The molecule has 2 aliphatic carbocycles. The second kappa shape index (κ2) is 11.3. The molecule has 0 amide bonds. The van der Waals surface area contributed by atoms with Crippen molar-refractivity contribution in [1.82, 2.24) is 0 Å². The molecule has 1 saturated carbocycles. The van der Waals surface area contributed by atoms with E-state index in [1.165, 1.54) is 122 Å². The summed E-state index contributed by atoms with van der Waals surface area (Å²) in [6.07, 6.45) is 33.2. The van der Waals surface area contributed by atoms with Gasteiger partial charge in [-0.25, -0.2) is 0 Å². The first-order valence-electron chi connectivity index (χ1n) is 10.6. The summed E-state index contributed by atoms with van der Waals surface area (Å²) in [5, 5.41) is 0. The van der Waals surface area contributed by atoms with E-state index in [-0.39, 0.29) is 0 Å². The van der Waals surface area contributed by atoms with Crippen molar-refractivity contribution in [2.45, 2.75) is 122 Å². The molecule has 0 nitrogen and oxygen atoms in total. The maximum absolute atomic E-state index is 2.70. The van der Waals surface area contributed by atoms with Crippen LogP contribution in [0.4, 0.5) is 0 Å². The van der Waals surface area contributed by atoms with Gasteiger partial charge in [0.15, 0.2) is 0 Å². The summed E-state index contributed by atoms with van der Waals surface area (Å²) in [5.41, 5.74) is 0.573. The molecule has 2 aliphatic rings. The highest BCUT2D eigenvalue weighted by atomic mass is 14.3. The van der Waals surface area contributed by atoms with E-state index in [0.29, 0.717) is 5.41 Å². The van der Waals surface area contributed by atoms with Crippen molar-refractivity contribution in [2.75, 3.05) is 0 Å². The van der Waals surface area contributed by atoms with E-state index in [1.54, 1.807) is 0 Å². The minimum absolute atomic E-state index is 0.573. The second-order valence-corrected chi connectivity index (χ2v) is 8.11. The predicted octanol–water partition coefficient (Wildman–Crippen LogP) is 7.97. The molecule has 0 radical (unpaired) electrons. The molecular formula is C22H40. The van der Waals surface area contributed by atoms with Gasteiger partial charge in [0.1, 0.15) is 0 Å². The largest absolute Gasteiger partial charge is 0.0880 e. The maximum atomic E-state index is 2.70. The van der Waals surface area contributed by atoms with Gasteiger partial charge in [-0.05, 0) is 37.5 Å². The van der Waals surface area contributed by atoms with Gasteiger partial charge in [0, 0.05) is 0 Å². The molecule has 2 rings (SSSR count). The van der Waals surface area contributed by atoms with Crippen LogP contribution in [-0.4, -0.2) is 0 Å². The van der Waals surface area contributed by atoms with Crippen molar-refractivity contribution in [3.8, 4) is 0 Å². The number of allylic oxidation sites excluding steroid dienone is 2. The van der Waals surface area contributed by atoms with E-state index in [9.17, 15) is 0 Å². The molecule has 128 valence electrons. The Hall–Kier alpha value is -0.260. The lowest BCUT2D eigenvalue weighted by atomic mass is 9.73. The monoisotopic (exact) mass is 304 g/mol. The fourth-order valence-electron chi connectivity index (χ4n) is 4.60. The summed E-state index contributed by atoms with van der Waals surface area (Å²) < 4.78 is 0. The molecule has 0 bridgehead atoms. The zero-order valence-corrected chi connectivity index (χ0v) is 15.1. The van der Waals surface area contributed by atoms with Crippen LogP contribution in [0.1, 0.15) is 122 Å². The van der Waals surface area contributed by atoms with Crippen LogP contribution in [0.25, 0.3) is 0 Å². The van der Waals surface area contributed by atoms with Crippen molar-refractivity contribution in [2.24, 2.45) is 5.41 Å². The van der Waals surface area contributed by atoms with Gasteiger partial charge in [-0.15, -0.1) is 0 Å². The molecule has 0 atom stereocenters. The summed E-state index contributed by atoms with van der Waals surface area (Å²) in [6.45, 7) is 0. The average molecular weight is 305 g/mol. The van der Waals surface area contributed by atoms with Crippen LogP contribution < -0.4 is 0 Å². The Morgan fingerprint density at radius 3 is 1.23 bits per heavy atom. The van der Waals surface area contributed by atoms with Gasteiger partial charge < -0.3 is 0 Å². The summed E-state index contributed by atoms with van der Waals surface area (Å²) in [5.74, 6) is 0. The Morgan fingerprint density at radius 2 is 0.773 bits per heavy atom. The molecule has 0 aromatic heterocycles. The van der Waals surface area contributed by atoms with Crippen molar-refractivity contribution >= 4 is 0 Å². The molecule has 1 fully saturated rings. The van der Waals surface area contributed by atoms with E-state index in [0.717, 1.165) is 0 Å². The lowest BCUT2D eigenvalue weighted by Gasteiger charge is -2.32. The molecule has 0 saturated heterocycles. The van der Waals surface area contributed by atoms with E-state index in [4.69, 9.17) is 0 Å². The van der Waals surface area contributed by atoms with Crippen molar-refractivity contribution in [1.29, 1.82) is 0 Å². The molecule has 0 heteroatoms. The SMILES string of the molecule is C1=C\C2(CCCCCCCCC/1)CCCCCCCCCC2. The third-order valence-corrected chi connectivity index (χ3v) is 6.12. The standard InChI is InChI=1S/C22H40/c1-2-6-10-14-18-22(19-15-11-7-3-1)20-16-12-8-4-5-9-13-17-21-22/h14,18H,1-13,15-17,19-21H2/b18-14-. The van der Waals surface area contributed by atoms with Crippen LogP contribution in [0.2, 0.25) is 0 Å². The van der Waals surface area contributed by atoms with E-state index < -0.39 is 0 Å². The van der Waals surface area contributed by atoms with Gasteiger partial charge in [-0.1, -0.05) is 102 Å². The normalized spacial score (nSPS) is 28.0. The summed E-state index contributed by atoms with van der Waals surface area (Å²) in [4.78, 5) is 0. The Labute approximate surface area is 140 Å². The van der Waals surface area contributed by atoms with E-state index >= 15 is 0 Å². The van der Waals surface area contributed by atoms with Crippen LogP contribution in [-0.2, 0) is 0 Å². The minimum Gasteiger partial charge on any atom is -0.0880 e. The van der Waals surface area contributed by atoms with Crippen LogP contribution >= 0.6 is 0 Å². The first kappa shape index (κ1) is 18.1. The molecule has 0 heterocycles. The third-order valence-electron chi connectivity index (χ3n) is 6.12. The molecule has 0 N–H and O–H groups in total. The zero-order valence-electron chi connectivity index (χ0n) is 15.1. The predicted molar refractivity (Wildman–Crippen MR) is 99.3 cm³/mol. The van der Waals surface area contributed by atoms with Crippen LogP contribution in [0, 0.1) is 5.41 Å².